The molecule has 3 nitrogen and oxygen atoms in total. The molecule has 1 atom stereocenters. The van der Waals surface area contributed by atoms with Crippen LogP contribution in [0.3, 0.4) is 0 Å². The van der Waals surface area contributed by atoms with Crippen LogP contribution >= 0.6 is 11.6 Å². The molecule has 0 fully saturated rings. The van der Waals surface area contributed by atoms with Crippen LogP contribution in [0.1, 0.15) is 24.5 Å². The Labute approximate surface area is 136 Å². The van der Waals surface area contributed by atoms with Gasteiger partial charge in [-0.25, -0.2) is 0 Å². The number of rotatable bonds is 8. The van der Waals surface area contributed by atoms with E-state index in [-0.39, 0.29) is 12.6 Å². The number of benzene rings is 2. The molecule has 0 amide bonds. The molecule has 22 heavy (non-hydrogen) atoms. The molecule has 118 valence electrons. The van der Waals surface area contributed by atoms with Crippen LogP contribution in [-0.4, -0.2) is 17.8 Å². The summed E-state index contributed by atoms with van der Waals surface area (Å²) < 4.78 is 5.81. The maximum atomic E-state index is 9.19. The molecule has 0 heterocycles. The summed E-state index contributed by atoms with van der Waals surface area (Å²) in [6, 6.07) is 15.8. The van der Waals surface area contributed by atoms with E-state index in [2.05, 4.69) is 12.2 Å². The third kappa shape index (κ3) is 5.34. The van der Waals surface area contributed by atoms with Crippen LogP contribution in [-0.2, 0) is 13.2 Å². The van der Waals surface area contributed by atoms with Crippen LogP contribution in [0.25, 0.3) is 0 Å². The summed E-state index contributed by atoms with van der Waals surface area (Å²) in [6.07, 6.45) is 0.906. The van der Waals surface area contributed by atoms with Gasteiger partial charge in [-0.05, 0) is 41.8 Å². The fraction of sp³-hybridized carbons (Fsp3) is 0.333. The van der Waals surface area contributed by atoms with Gasteiger partial charge in [-0.15, -0.1) is 0 Å². The van der Waals surface area contributed by atoms with Crippen molar-refractivity contribution in [3.05, 3.63) is 64.7 Å². The molecule has 0 aliphatic rings. The van der Waals surface area contributed by atoms with E-state index >= 15 is 0 Å². The van der Waals surface area contributed by atoms with Crippen molar-refractivity contribution in [1.82, 2.24) is 5.32 Å². The topological polar surface area (TPSA) is 41.5 Å². The molecule has 0 saturated heterocycles. The molecular formula is C18H22ClNO2. The van der Waals surface area contributed by atoms with E-state index in [1.54, 1.807) is 0 Å². The first-order chi connectivity index (χ1) is 10.7. The second kappa shape index (κ2) is 8.79. The van der Waals surface area contributed by atoms with Crippen molar-refractivity contribution in [2.75, 3.05) is 6.61 Å². The quantitative estimate of drug-likeness (QED) is 0.778. The minimum atomic E-state index is 0.138. The number of halogens is 1. The van der Waals surface area contributed by atoms with Gasteiger partial charge in [0, 0.05) is 17.6 Å². The molecule has 0 spiro atoms. The standard InChI is InChI=1S/C18H22ClNO2/c1-2-17(12-21)20-11-15-4-3-5-18(10-15)22-13-14-6-8-16(19)9-7-14/h3-10,17,20-21H,2,11-13H2,1H3. The highest BCUT2D eigenvalue weighted by Gasteiger charge is 2.04. The summed E-state index contributed by atoms with van der Waals surface area (Å²) in [4.78, 5) is 0. The molecule has 4 heteroatoms. The highest BCUT2D eigenvalue weighted by atomic mass is 35.5. The average molecular weight is 320 g/mol. The van der Waals surface area contributed by atoms with Crippen molar-refractivity contribution < 1.29 is 9.84 Å². The normalized spacial score (nSPS) is 12.1. The van der Waals surface area contributed by atoms with Gasteiger partial charge < -0.3 is 15.2 Å². The number of hydrogen-bond acceptors (Lipinski definition) is 3. The summed E-state index contributed by atoms with van der Waals surface area (Å²) in [5.74, 6) is 0.839. The van der Waals surface area contributed by atoms with Gasteiger partial charge in [0.25, 0.3) is 0 Å². The van der Waals surface area contributed by atoms with Gasteiger partial charge in [-0.2, -0.15) is 0 Å². The summed E-state index contributed by atoms with van der Waals surface area (Å²) in [5.41, 5.74) is 2.22. The first kappa shape index (κ1) is 16.8. The molecule has 2 N–H and O–H groups in total. The van der Waals surface area contributed by atoms with Gasteiger partial charge in [0.2, 0.25) is 0 Å². The average Bonchev–Trinajstić information content (AvgIpc) is 2.56. The van der Waals surface area contributed by atoms with E-state index in [4.69, 9.17) is 16.3 Å². The van der Waals surface area contributed by atoms with Gasteiger partial charge in [0.1, 0.15) is 12.4 Å². The molecule has 2 rings (SSSR count). The lowest BCUT2D eigenvalue weighted by Crippen LogP contribution is -2.31. The highest BCUT2D eigenvalue weighted by molar-refractivity contribution is 6.30. The lowest BCUT2D eigenvalue weighted by molar-refractivity contribution is 0.238. The fourth-order valence-corrected chi connectivity index (χ4v) is 2.22. The van der Waals surface area contributed by atoms with Crippen LogP contribution in [0.5, 0.6) is 5.75 Å². The Morgan fingerprint density at radius 3 is 2.59 bits per heavy atom. The SMILES string of the molecule is CCC(CO)NCc1cccc(OCc2ccc(Cl)cc2)c1. The lowest BCUT2D eigenvalue weighted by atomic mass is 10.2. The Morgan fingerprint density at radius 2 is 1.91 bits per heavy atom. The molecule has 0 aromatic heterocycles. The molecule has 2 aromatic rings. The summed E-state index contributed by atoms with van der Waals surface area (Å²) in [5, 5.41) is 13.2. The van der Waals surface area contributed by atoms with Crippen molar-refractivity contribution >= 4 is 11.6 Å². The minimum absolute atomic E-state index is 0.138. The second-order valence-corrected chi connectivity index (χ2v) is 5.67. The van der Waals surface area contributed by atoms with E-state index in [1.807, 2.05) is 48.5 Å². The van der Waals surface area contributed by atoms with Gasteiger partial charge in [0.05, 0.1) is 6.61 Å². The van der Waals surface area contributed by atoms with Crippen LogP contribution in [0.2, 0.25) is 5.02 Å². The smallest absolute Gasteiger partial charge is 0.120 e. The van der Waals surface area contributed by atoms with Crippen molar-refractivity contribution in [2.24, 2.45) is 0 Å². The lowest BCUT2D eigenvalue weighted by Gasteiger charge is -2.14. The number of aliphatic hydroxyl groups is 1. The van der Waals surface area contributed by atoms with Gasteiger partial charge in [-0.1, -0.05) is 42.8 Å². The number of ether oxygens (including phenoxy) is 1. The maximum Gasteiger partial charge on any atom is 0.120 e. The van der Waals surface area contributed by atoms with Crippen molar-refractivity contribution in [1.29, 1.82) is 0 Å². The van der Waals surface area contributed by atoms with Crippen molar-refractivity contribution in [3.63, 3.8) is 0 Å². The second-order valence-electron chi connectivity index (χ2n) is 5.23. The summed E-state index contributed by atoms with van der Waals surface area (Å²) in [6.45, 7) is 3.45. The van der Waals surface area contributed by atoms with Crippen LogP contribution in [0.4, 0.5) is 0 Å². The summed E-state index contributed by atoms with van der Waals surface area (Å²) >= 11 is 5.87. The first-order valence-electron chi connectivity index (χ1n) is 7.51. The van der Waals surface area contributed by atoms with Gasteiger partial charge in [0.15, 0.2) is 0 Å². The van der Waals surface area contributed by atoms with Crippen molar-refractivity contribution in [2.45, 2.75) is 32.5 Å². The highest BCUT2D eigenvalue weighted by Crippen LogP contribution is 2.16. The zero-order chi connectivity index (χ0) is 15.8. The molecule has 0 bridgehead atoms. The largest absolute Gasteiger partial charge is 0.489 e. The van der Waals surface area contributed by atoms with Crippen molar-refractivity contribution in [3.8, 4) is 5.75 Å². The molecule has 0 radical (unpaired) electrons. The first-order valence-corrected chi connectivity index (χ1v) is 7.89. The molecule has 1 unspecified atom stereocenters. The zero-order valence-electron chi connectivity index (χ0n) is 12.8. The number of hydrogen-bond donors (Lipinski definition) is 2. The molecule has 0 aliphatic heterocycles. The summed E-state index contributed by atoms with van der Waals surface area (Å²) in [7, 11) is 0. The fourth-order valence-electron chi connectivity index (χ4n) is 2.09. The Morgan fingerprint density at radius 1 is 1.14 bits per heavy atom. The molecule has 2 aromatic carbocycles. The Hall–Kier alpha value is -1.55. The van der Waals surface area contributed by atoms with E-state index in [0.717, 1.165) is 34.9 Å². The Balaban J connectivity index is 1.89. The predicted octanol–water partition coefficient (Wildman–Crippen LogP) is 3.78. The van der Waals surface area contributed by atoms with Crippen LogP contribution in [0.15, 0.2) is 48.5 Å². The van der Waals surface area contributed by atoms with E-state index < -0.39 is 0 Å². The monoisotopic (exact) mass is 319 g/mol. The van der Waals surface area contributed by atoms with E-state index in [1.165, 1.54) is 0 Å². The van der Waals surface area contributed by atoms with Crippen LogP contribution < -0.4 is 10.1 Å². The molecular weight excluding hydrogens is 298 g/mol. The van der Waals surface area contributed by atoms with Gasteiger partial charge >= 0.3 is 0 Å². The third-order valence-corrected chi connectivity index (χ3v) is 3.78. The minimum Gasteiger partial charge on any atom is -0.489 e. The van der Waals surface area contributed by atoms with Crippen LogP contribution in [0, 0.1) is 0 Å². The Bertz CT molecular complexity index is 568. The zero-order valence-corrected chi connectivity index (χ0v) is 13.5. The van der Waals surface area contributed by atoms with E-state index in [0.29, 0.717) is 6.61 Å². The number of nitrogens with one attached hydrogen (secondary N) is 1. The third-order valence-electron chi connectivity index (χ3n) is 3.53. The van der Waals surface area contributed by atoms with Gasteiger partial charge in [-0.3, -0.25) is 0 Å². The maximum absolute atomic E-state index is 9.19. The molecule has 0 aliphatic carbocycles. The Kier molecular flexibility index (Phi) is 6.72. The molecule has 0 saturated carbocycles. The predicted molar refractivity (Wildman–Crippen MR) is 90.2 cm³/mol. The number of aliphatic hydroxyl groups excluding tert-OH is 1. The van der Waals surface area contributed by atoms with E-state index in [9.17, 15) is 5.11 Å².